The summed E-state index contributed by atoms with van der Waals surface area (Å²) >= 11 is 1.82. The highest BCUT2D eigenvalue weighted by Gasteiger charge is 2.13. The van der Waals surface area contributed by atoms with Gasteiger partial charge < -0.3 is 10.4 Å². The Labute approximate surface area is 118 Å². The molecular weight excluding hydrogens is 256 g/mol. The van der Waals surface area contributed by atoms with Gasteiger partial charge in [-0.15, -0.1) is 11.3 Å². The maximum atomic E-state index is 10.1. The maximum Gasteiger partial charge on any atom is 0.0915 e. The highest BCUT2D eigenvalue weighted by Crippen LogP contribution is 2.26. The van der Waals surface area contributed by atoms with Crippen LogP contribution in [0.3, 0.4) is 0 Å². The van der Waals surface area contributed by atoms with Gasteiger partial charge in [0.15, 0.2) is 0 Å². The van der Waals surface area contributed by atoms with Crippen molar-refractivity contribution < 1.29 is 5.11 Å². The molecule has 0 fully saturated rings. The van der Waals surface area contributed by atoms with Gasteiger partial charge in [-0.05, 0) is 50.1 Å². The number of hydrogen-bond acceptors (Lipinski definition) is 4. The summed E-state index contributed by atoms with van der Waals surface area (Å²) in [5.41, 5.74) is 2.22. The van der Waals surface area contributed by atoms with Crippen molar-refractivity contribution in [2.45, 2.75) is 32.9 Å². The Hall–Kier alpha value is -1.23. The molecule has 2 unspecified atom stereocenters. The van der Waals surface area contributed by atoms with E-state index in [1.807, 2.05) is 23.5 Å². The first-order valence-electron chi connectivity index (χ1n) is 6.46. The Morgan fingerprint density at radius 1 is 1.32 bits per heavy atom. The van der Waals surface area contributed by atoms with Gasteiger partial charge in [0.2, 0.25) is 0 Å². The van der Waals surface area contributed by atoms with Crippen LogP contribution in [0.1, 0.15) is 40.0 Å². The SMILES string of the molecule is Cc1cc(C(C)NCC(O)c2ccncc2)c(C)s1. The van der Waals surface area contributed by atoms with Crippen molar-refractivity contribution in [3.8, 4) is 0 Å². The summed E-state index contributed by atoms with van der Waals surface area (Å²) in [6.07, 6.45) is 2.91. The van der Waals surface area contributed by atoms with Gasteiger partial charge in [-0.3, -0.25) is 4.98 Å². The van der Waals surface area contributed by atoms with E-state index in [0.717, 1.165) is 5.56 Å². The van der Waals surface area contributed by atoms with Crippen molar-refractivity contribution in [2.75, 3.05) is 6.54 Å². The summed E-state index contributed by atoms with van der Waals surface area (Å²) in [6, 6.07) is 6.16. The molecule has 2 aromatic heterocycles. The molecule has 2 aromatic rings. The molecule has 0 aromatic carbocycles. The van der Waals surface area contributed by atoms with Gasteiger partial charge in [-0.25, -0.2) is 0 Å². The van der Waals surface area contributed by atoms with Crippen LogP contribution >= 0.6 is 11.3 Å². The zero-order valence-electron chi connectivity index (χ0n) is 11.6. The average molecular weight is 276 g/mol. The van der Waals surface area contributed by atoms with E-state index in [1.54, 1.807) is 12.4 Å². The van der Waals surface area contributed by atoms with Crippen LogP contribution in [0.2, 0.25) is 0 Å². The third-order valence-electron chi connectivity index (χ3n) is 3.25. The Morgan fingerprint density at radius 3 is 2.58 bits per heavy atom. The summed E-state index contributed by atoms with van der Waals surface area (Å²) < 4.78 is 0. The summed E-state index contributed by atoms with van der Waals surface area (Å²) in [5, 5.41) is 13.5. The third kappa shape index (κ3) is 3.62. The highest BCUT2D eigenvalue weighted by molar-refractivity contribution is 7.12. The molecule has 2 heterocycles. The lowest BCUT2D eigenvalue weighted by molar-refractivity contribution is 0.170. The fourth-order valence-electron chi connectivity index (χ4n) is 2.18. The van der Waals surface area contributed by atoms with E-state index in [0.29, 0.717) is 6.54 Å². The Bertz CT molecular complexity index is 524. The minimum Gasteiger partial charge on any atom is -0.387 e. The van der Waals surface area contributed by atoms with E-state index in [-0.39, 0.29) is 6.04 Å². The van der Waals surface area contributed by atoms with E-state index in [2.05, 4.69) is 37.1 Å². The summed E-state index contributed by atoms with van der Waals surface area (Å²) in [4.78, 5) is 6.63. The second-order valence-electron chi connectivity index (χ2n) is 4.79. The van der Waals surface area contributed by atoms with E-state index in [1.165, 1.54) is 15.3 Å². The lowest BCUT2D eigenvalue weighted by Gasteiger charge is -2.17. The molecule has 102 valence electrons. The van der Waals surface area contributed by atoms with Crippen molar-refractivity contribution in [3.05, 3.63) is 51.5 Å². The quantitative estimate of drug-likeness (QED) is 0.882. The van der Waals surface area contributed by atoms with Gasteiger partial charge >= 0.3 is 0 Å². The van der Waals surface area contributed by atoms with Gasteiger partial charge in [0, 0.05) is 34.7 Å². The molecule has 0 radical (unpaired) electrons. The molecule has 0 aliphatic carbocycles. The molecule has 4 heteroatoms. The first-order chi connectivity index (χ1) is 9.08. The number of thiophene rings is 1. The second kappa shape index (κ2) is 6.28. The normalized spacial score (nSPS) is 14.3. The van der Waals surface area contributed by atoms with Gasteiger partial charge in [-0.1, -0.05) is 0 Å². The van der Waals surface area contributed by atoms with E-state index >= 15 is 0 Å². The molecule has 3 nitrogen and oxygen atoms in total. The van der Waals surface area contributed by atoms with Crippen molar-refractivity contribution in [1.82, 2.24) is 10.3 Å². The van der Waals surface area contributed by atoms with Crippen LogP contribution in [0.5, 0.6) is 0 Å². The van der Waals surface area contributed by atoms with Gasteiger partial charge in [0.25, 0.3) is 0 Å². The van der Waals surface area contributed by atoms with Crippen LogP contribution in [-0.2, 0) is 0 Å². The second-order valence-corrected chi connectivity index (χ2v) is 6.26. The van der Waals surface area contributed by atoms with E-state index < -0.39 is 6.10 Å². The first-order valence-corrected chi connectivity index (χ1v) is 7.28. The number of aliphatic hydroxyl groups excluding tert-OH is 1. The molecule has 0 saturated carbocycles. The number of rotatable bonds is 5. The predicted octanol–water partition coefficient (Wildman–Crippen LogP) is 3.14. The average Bonchev–Trinajstić information content (AvgIpc) is 2.75. The van der Waals surface area contributed by atoms with Crippen molar-refractivity contribution >= 4 is 11.3 Å². The lowest BCUT2D eigenvalue weighted by Crippen LogP contribution is -2.24. The van der Waals surface area contributed by atoms with Crippen LogP contribution in [0.15, 0.2) is 30.6 Å². The molecule has 0 aliphatic rings. The number of aliphatic hydroxyl groups is 1. The minimum absolute atomic E-state index is 0.251. The Kier molecular flexibility index (Phi) is 4.69. The number of hydrogen-bond donors (Lipinski definition) is 2. The number of nitrogens with zero attached hydrogens (tertiary/aromatic N) is 1. The molecule has 0 spiro atoms. The molecule has 2 rings (SSSR count). The molecular formula is C15H20N2OS. The van der Waals surface area contributed by atoms with Crippen LogP contribution in [-0.4, -0.2) is 16.6 Å². The van der Waals surface area contributed by atoms with Crippen LogP contribution in [0.4, 0.5) is 0 Å². The zero-order valence-corrected chi connectivity index (χ0v) is 12.4. The first kappa shape index (κ1) is 14.2. The Balaban J connectivity index is 1.94. The maximum absolute atomic E-state index is 10.1. The van der Waals surface area contributed by atoms with Gasteiger partial charge in [-0.2, -0.15) is 0 Å². The van der Waals surface area contributed by atoms with Gasteiger partial charge in [0.1, 0.15) is 0 Å². The van der Waals surface area contributed by atoms with Crippen molar-refractivity contribution in [1.29, 1.82) is 0 Å². The zero-order chi connectivity index (χ0) is 13.8. The summed E-state index contributed by atoms with van der Waals surface area (Å²) in [5.74, 6) is 0. The topological polar surface area (TPSA) is 45.1 Å². The molecule has 0 bridgehead atoms. The fraction of sp³-hybridized carbons (Fsp3) is 0.400. The van der Waals surface area contributed by atoms with Crippen LogP contribution < -0.4 is 5.32 Å². The fourth-order valence-corrected chi connectivity index (χ4v) is 3.20. The molecule has 19 heavy (non-hydrogen) atoms. The standard InChI is InChI=1S/C15H20N2OS/c1-10-8-14(12(3)19-10)11(2)17-9-15(18)13-4-6-16-7-5-13/h4-8,11,15,17-18H,9H2,1-3H3. The van der Waals surface area contributed by atoms with Crippen LogP contribution in [0, 0.1) is 13.8 Å². The summed E-state index contributed by atoms with van der Waals surface area (Å²) in [6.45, 7) is 6.94. The highest BCUT2D eigenvalue weighted by atomic mass is 32.1. The number of nitrogens with one attached hydrogen (secondary N) is 1. The van der Waals surface area contributed by atoms with Gasteiger partial charge in [0.05, 0.1) is 6.10 Å². The van der Waals surface area contributed by atoms with Crippen LogP contribution in [0.25, 0.3) is 0 Å². The molecule has 2 N–H and O–H groups in total. The van der Waals surface area contributed by atoms with E-state index in [4.69, 9.17) is 0 Å². The molecule has 0 amide bonds. The molecule has 0 saturated heterocycles. The van der Waals surface area contributed by atoms with Crippen molar-refractivity contribution in [2.24, 2.45) is 0 Å². The van der Waals surface area contributed by atoms with E-state index in [9.17, 15) is 5.11 Å². The minimum atomic E-state index is -0.495. The Morgan fingerprint density at radius 2 is 2.00 bits per heavy atom. The third-order valence-corrected chi connectivity index (χ3v) is 4.24. The lowest BCUT2D eigenvalue weighted by atomic mass is 10.1. The smallest absolute Gasteiger partial charge is 0.0915 e. The number of aryl methyl sites for hydroxylation is 2. The van der Waals surface area contributed by atoms with Crippen molar-refractivity contribution in [3.63, 3.8) is 0 Å². The molecule has 0 aliphatic heterocycles. The largest absolute Gasteiger partial charge is 0.387 e. The number of aromatic nitrogens is 1. The number of pyridine rings is 1. The molecule has 2 atom stereocenters. The summed E-state index contributed by atoms with van der Waals surface area (Å²) in [7, 11) is 0. The monoisotopic (exact) mass is 276 g/mol. The predicted molar refractivity (Wildman–Crippen MR) is 79.4 cm³/mol.